The highest BCUT2D eigenvalue weighted by Gasteiger charge is 2.27. The molecule has 1 aromatic carbocycles. The second-order valence-corrected chi connectivity index (χ2v) is 6.42. The molecular weight excluding hydrogens is 225 g/mol. The van der Waals surface area contributed by atoms with E-state index in [2.05, 4.69) is 4.40 Å². The van der Waals surface area contributed by atoms with E-state index in [0.29, 0.717) is 11.3 Å². The lowest BCUT2D eigenvalue weighted by molar-refractivity contribution is 0.561. The SMILES string of the molecule is C/C(=N/[S@+]([O-])C(C)(C)C)c1ccccc1F. The van der Waals surface area contributed by atoms with E-state index in [4.69, 9.17) is 0 Å². The molecule has 1 aromatic rings. The van der Waals surface area contributed by atoms with Gasteiger partial charge in [-0.05, 0) is 33.8 Å². The number of hydrogen-bond acceptors (Lipinski definition) is 2. The van der Waals surface area contributed by atoms with E-state index < -0.39 is 16.1 Å². The van der Waals surface area contributed by atoms with Gasteiger partial charge in [0, 0.05) is 5.56 Å². The van der Waals surface area contributed by atoms with Crippen molar-refractivity contribution in [3.05, 3.63) is 35.6 Å². The van der Waals surface area contributed by atoms with Crippen LogP contribution in [-0.2, 0) is 11.4 Å². The molecule has 0 aliphatic heterocycles. The molecule has 0 bridgehead atoms. The molecule has 4 heteroatoms. The quantitative estimate of drug-likeness (QED) is 0.579. The largest absolute Gasteiger partial charge is 0.591 e. The Bertz CT molecular complexity index is 398. The lowest BCUT2D eigenvalue weighted by Gasteiger charge is -2.18. The Balaban J connectivity index is 2.99. The van der Waals surface area contributed by atoms with Gasteiger partial charge in [-0.2, -0.15) is 0 Å². The van der Waals surface area contributed by atoms with Gasteiger partial charge in [-0.25, -0.2) is 4.39 Å². The van der Waals surface area contributed by atoms with Crippen LogP contribution < -0.4 is 0 Å². The van der Waals surface area contributed by atoms with Crippen LogP contribution in [0.5, 0.6) is 0 Å². The van der Waals surface area contributed by atoms with Crippen LogP contribution in [0.25, 0.3) is 0 Å². The second kappa shape index (κ2) is 4.97. The van der Waals surface area contributed by atoms with Crippen LogP contribution in [0.3, 0.4) is 0 Å². The summed E-state index contributed by atoms with van der Waals surface area (Å²) in [6, 6.07) is 6.35. The van der Waals surface area contributed by atoms with Crippen LogP contribution in [-0.4, -0.2) is 15.0 Å². The Hall–Kier alpha value is -0.870. The van der Waals surface area contributed by atoms with Crippen molar-refractivity contribution in [3.63, 3.8) is 0 Å². The van der Waals surface area contributed by atoms with Crippen LogP contribution in [0.4, 0.5) is 4.39 Å². The van der Waals surface area contributed by atoms with Crippen molar-refractivity contribution in [2.75, 3.05) is 0 Å². The maximum absolute atomic E-state index is 13.4. The van der Waals surface area contributed by atoms with Crippen LogP contribution in [0.1, 0.15) is 33.3 Å². The van der Waals surface area contributed by atoms with Crippen molar-refractivity contribution in [1.29, 1.82) is 0 Å². The molecule has 1 rings (SSSR count). The molecule has 0 heterocycles. The fraction of sp³-hybridized carbons (Fsp3) is 0.417. The molecule has 0 aromatic heterocycles. The van der Waals surface area contributed by atoms with Gasteiger partial charge >= 0.3 is 0 Å². The number of nitrogens with zero attached hydrogens (tertiary/aromatic N) is 1. The van der Waals surface area contributed by atoms with Crippen LogP contribution in [0, 0.1) is 5.82 Å². The average Bonchev–Trinajstić information content (AvgIpc) is 2.16. The second-order valence-electron chi connectivity index (χ2n) is 4.52. The van der Waals surface area contributed by atoms with Crippen molar-refractivity contribution >= 4 is 17.1 Å². The summed E-state index contributed by atoms with van der Waals surface area (Å²) in [4.78, 5) is 0. The maximum atomic E-state index is 13.4. The van der Waals surface area contributed by atoms with Gasteiger partial charge in [0.15, 0.2) is 0 Å². The molecule has 0 amide bonds. The third-order valence-electron chi connectivity index (χ3n) is 2.01. The van der Waals surface area contributed by atoms with E-state index >= 15 is 0 Å². The van der Waals surface area contributed by atoms with Crippen molar-refractivity contribution in [3.8, 4) is 0 Å². The van der Waals surface area contributed by atoms with Crippen molar-refractivity contribution in [2.45, 2.75) is 32.4 Å². The lowest BCUT2D eigenvalue weighted by atomic mass is 10.1. The fourth-order valence-corrected chi connectivity index (χ4v) is 1.69. The first-order valence-corrected chi connectivity index (χ1v) is 6.15. The summed E-state index contributed by atoms with van der Waals surface area (Å²) in [6.45, 7) is 7.17. The minimum absolute atomic E-state index is 0.338. The van der Waals surface area contributed by atoms with E-state index in [1.165, 1.54) is 6.07 Å². The zero-order valence-electron chi connectivity index (χ0n) is 9.95. The van der Waals surface area contributed by atoms with Crippen molar-refractivity contribution < 1.29 is 8.94 Å². The maximum Gasteiger partial charge on any atom is 0.144 e. The zero-order valence-corrected chi connectivity index (χ0v) is 10.8. The third kappa shape index (κ3) is 3.32. The highest BCUT2D eigenvalue weighted by Crippen LogP contribution is 2.19. The molecule has 0 saturated carbocycles. The van der Waals surface area contributed by atoms with Gasteiger partial charge in [-0.15, -0.1) is 0 Å². The van der Waals surface area contributed by atoms with E-state index in [9.17, 15) is 8.94 Å². The molecule has 0 aliphatic rings. The lowest BCUT2D eigenvalue weighted by Crippen LogP contribution is -2.26. The smallest absolute Gasteiger partial charge is 0.144 e. The molecule has 0 spiro atoms. The summed E-state index contributed by atoms with van der Waals surface area (Å²) in [5.74, 6) is -0.338. The number of benzene rings is 1. The minimum atomic E-state index is -1.35. The van der Waals surface area contributed by atoms with Gasteiger partial charge < -0.3 is 4.55 Å². The molecule has 0 aliphatic carbocycles. The normalized spacial score (nSPS) is 15.0. The standard InChI is InChI=1S/C12H16FNOS/c1-9(14-16(15)12(2,3)4)10-7-5-6-8-11(10)13/h5-8H,1-4H3/b14-9-/t16-/m1/s1. The van der Waals surface area contributed by atoms with E-state index in [1.807, 2.05) is 20.8 Å². The fourth-order valence-electron chi connectivity index (χ4n) is 1.07. The number of rotatable bonds is 2. The number of halogens is 1. The first-order valence-electron chi connectivity index (χ1n) is 5.04. The summed E-state index contributed by atoms with van der Waals surface area (Å²) >= 11 is -1.35. The molecule has 0 fully saturated rings. The minimum Gasteiger partial charge on any atom is -0.591 e. The third-order valence-corrected chi connectivity index (χ3v) is 3.49. The molecular formula is C12H16FNOS. The van der Waals surface area contributed by atoms with Gasteiger partial charge in [0.25, 0.3) is 0 Å². The zero-order chi connectivity index (χ0) is 12.3. The van der Waals surface area contributed by atoms with E-state index in [-0.39, 0.29) is 5.82 Å². The summed E-state index contributed by atoms with van der Waals surface area (Å²) in [6.07, 6.45) is 0. The van der Waals surface area contributed by atoms with Gasteiger partial charge in [0.05, 0.1) is 5.71 Å². The van der Waals surface area contributed by atoms with Crippen LogP contribution >= 0.6 is 0 Å². The molecule has 0 N–H and O–H groups in total. The molecule has 16 heavy (non-hydrogen) atoms. The summed E-state index contributed by atoms with van der Waals surface area (Å²) in [5.41, 5.74) is 0.867. The predicted octanol–water partition coefficient (Wildman–Crippen LogP) is 3.10. The van der Waals surface area contributed by atoms with E-state index in [1.54, 1.807) is 25.1 Å². The molecule has 0 unspecified atom stereocenters. The number of hydrogen-bond donors (Lipinski definition) is 0. The summed E-state index contributed by atoms with van der Waals surface area (Å²) in [7, 11) is 0. The van der Waals surface area contributed by atoms with E-state index in [0.717, 1.165) is 0 Å². The monoisotopic (exact) mass is 241 g/mol. The van der Waals surface area contributed by atoms with Gasteiger partial charge in [0.2, 0.25) is 0 Å². The molecule has 88 valence electrons. The highest BCUT2D eigenvalue weighted by molar-refractivity contribution is 7.91. The Morgan fingerprint density at radius 2 is 1.88 bits per heavy atom. The molecule has 0 radical (unpaired) electrons. The first kappa shape index (κ1) is 13.2. The Labute approximate surface area is 98.9 Å². The molecule has 2 nitrogen and oxygen atoms in total. The first-order chi connectivity index (χ1) is 7.32. The van der Waals surface area contributed by atoms with Crippen molar-refractivity contribution in [2.24, 2.45) is 4.40 Å². The van der Waals surface area contributed by atoms with Gasteiger partial charge in [0.1, 0.15) is 21.9 Å². The molecule has 0 saturated heterocycles. The van der Waals surface area contributed by atoms with Crippen LogP contribution in [0.2, 0.25) is 0 Å². The molecule has 1 atom stereocenters. The summed E-state index contributed by atoms with van der Waals surface area (Å²) < 4.78 is 28.8. The van der Waals surface area contributed by atoms with Crippen molar-refractivity contribution in [1.82, 2.24) is 0 Å². The Morgan fingerprint density at radius 3 is 2.38 bits per heavy atom. The predicted molar refractivity (Wildman–Crippen MR) is 66.5 cm³/mol. The Morgan fingerprint density at radius 1 is 1.31 bits per heavy atom. The average molecular weight is 241 g/mol. The highest BCUT2D eigenvalue weighted by atomic mass is 32.2. The van der Waals surface area contributed by atoms with Gasteiger partial charge in [-0.3, -0.25) is 0 Å². The topological polar surface area (TPSA) is 35.4 Å². The Kier molecular flexibility index (Phi) is 4.10. The van der Waals surface area contributed by atoms with Crippen LogP contribution in [0.15, 0.2) is 28.7 Å². The van der Waals surface area contributed by atoms with Gasteiger partial charge in [-0.1, -0.05) is 22.6 Å². The summed E-state index contributed by atoms with van der Waals surface area (Å²) in [5, 5.41) is 0.